The van der Waals surface area contributed by atoms with Crippen LogP contribution in [-0.2, 0) is 9.53 Å². The fourth-order valence-corrected chi connectivity index (χ4v) is 3.07. The van der Waals surface area contributed by atoms with E-state index < -0.39 is 5.54 Å². The second-order valence-electron chi connectivity index (χ2n) is 4.90. The fraction of sp³-hybridized carbons (Fsp3) is 0.929. The number of unbranched alkanes of at least 4 members (excludes halogenated alkanes) is 2. The molecule has 0 saturated carbocycles. The molecule has 0 fully saturated rings. The Balaban J connectivity index is 4.13. The zero-order valence-electron chi connectivity index (χ0n) is 12.5. The summed E-state index contributed by atoms with van der Waals surface area (Å²) in [6, 6.07) is 0. The monoisotopic (exact) mass is 275 g/mol. The summed E-state index contributed by atoms with van der Waals surface area (Å²) in [6.07, 6.45) is 4.62. The lowest BCUT2D eigenvalue weighted by atomic mass is 9.96. The number of esters is 1. The van der Waals surface area contributed by atoms with Gasteiger partial charge < -0.3 is 10.1 Å². The summed E-state index contributed by atoms with van der Waals surface area (Å²) in [5, 5.41) is 3.57. The van der Waals surface area contributed by atoms with Crippen molar-refractivity contribution in [2.24, 2.45) is 0 Å². The summed E-state index contributed by atoms with van der Waals surface area (Å²) in [4.78, 5) is 11.9. The number of hydrogen-bond donors (Lipinski definition) is 1. The molecular weight excluding hydrogens is 246 g/mol. The van der Waals surface area contributed by atoms with Crippen LogP contribution in [0, 0.1) is 0 Å². The van der Waals surface area contributed by atoms with Gasteiger partial charge in [-0.2, -0.15) is 11.8 Å². The first-order valence-electron chi connectivity index (χ1n) is 6.97. The van der Waals surface area contributed by atoms with E-state index in [0.29, 0.717) is 11.9 Å². The Bertz CT molecular complexity index is 236. The third-order valence-electron chi connectivity index (χ3n) is 3.12. The van der Waals surface area contributed by atoms with Gasteiger partial charge in [-0.25, -0.2) is 0 Å². The molecule has 2 atom stereocenters. The highest BCUT2D eigenvalue weighted by atomic mass is 32.2. The van der Waals surface area contributed by atoms with Gasteiger partial charge in [0.1, 0.15) is 5.54 Å². The number of thioether (sulfide) groups is 1. The molecule has 0 aliphatic rings. The smallest absolute Gasteiger partial charge is 0.326 e. The van der Waals surface area contributed by atoms with Crippen molar-refractivity contribution in [2.75, 3.05) is 19.4 Å². The van der Waals surface area contributed by atoms with Gasteiger partial charge in [-0.1, -0.05) is 26.7 Å². The Morgan fingerprint density at radius 2 is 2.06 bits per heavy atom. The van der Waals surface area contributed by atoms with Crippen molar-refractivity contribution in [1.29, 1.82) is 0 Å². The van der Waals surface area contributed by atoms with E-state index in [4.69, 9.17) is 4.74 Å². The molecule has 3 nitrogen and oxygen atoms in total. The summed E-state index contributed by atoms with van der Waals surface area (Å²) in [7, 11) is 1.82. The van der Waals surface area contributed by atoms with Gasteiger partial charge in [-0.3, -0.25) is 4.79 Å². The molecule has 1 N–H and O–H groups in total. The lowest BCUT2D eigenvalue weighted by Gasteiger charge is -2.29. The SMILES string of the molecule is CCCCCSC(C)CC(C)(NC)C(=O)OCC. The van der Waals surface area contributed by atoms with Crippen LogP contribution in [0.15, 0.2) is 0 Å². The third kappa shape index (κ3) is 6.64. The first-order valence-corrected chi connectivity index (χ1v) is 8.02. The molecular formula is C14H29NO2S. The molecule has 0 saturated heterocycles. The average molecular weight is 275 g/mol. The third-order valence-corrected chi connectivity index (χ3v) is 4.38. The van der Waals surface area contributed by atoms with E-state index in [1.54, 1.807) is 0 Å². The number of ether oxygens (including phenoxy) is 1. The van der Waals surface area contributed by atoms with Crippen molar-refractivity contribution in [2.45, 2.75) is 64.2 Å². The molecule has 0 rings (SSSR count). The summed E-state index contributed by atoms with van der Waals surface area (Å²) >= 11 is 1.95. The van der Waals surface area contributed by atoms with Crippen molar-refractivity contribution in [3.63, 3.8) is 0 Å². The first kappa shape index (κ1) is 17.8. The quantitative estimate of drug-likeness (QED) is 0.491. The van der Waals surface area contributed by atoms with Crippen LogP contribution in [0.25, 0.3) is 0 Å². The molecule has 0 aromatic carbocycles. The van der Waals surface area contributed by atoms with Crippen LogP contribution in [-0.4, -0.2) is 36.2 Å². The van der Waals surface area contributed by atoms with Gasteiger partial charge >= 0.3 is 5.97 Å². The first-order chi connectivity index (χ1) is 8.50. The molecule has 0 bridgehead atoms. The highest BCUT2D eigenvalue weighted by molar-refractivity contribution is 7.99. The highest BCUT2D eigenvalue weighted by Crippen LogP contribution is 2.24. The van der Waals surface area contributed by atoms with Crippen molar-refractivity contribution >= 4 is 17.7 Å². The number of nitrogens with one attached hydrogen (secondary N) is 1. The molecule has 0 amide bonds. The van der Waals surface area contributed by atoms with Gasteiger partial charge in [-0.15, -0.1) is 0 Å². The van der Waals surface area contributed by atoms with E-state index in [1.165, 1.54) is 25.0 Å². The number of carbonyl (C=O) groups excluding carboxylic acids is 1. The van der Waals surface area contributed by atoms with Gasteiger partial charge in [0.15, 0.2) is 0 Å². The summed E-state index contributed by atoms with van der Waals surface area (Å²) in [5.74, 6) is 1.03. The maximum absolute atomic E-state index is 11.9. The molecule has 0 radical (unpaired) electrons. The largest absolute Gasteiger partial charge is 0.465 e. The standard InChI is InChI=1S/C14H29NO2S/c1-6-8-9-10-18-12(3)11-14(4,15-5)13(16)17-7-2/h12,15H,6-11H2,1-5H3. The lowest BCUT2D eigenvalue weighted by Crippen LogP contribution is -2.50. The van der Waals surface area contributed by atoms with Gasteiger partial charge in [0.05, 0.1) is 6.61 Å². The molecule has 0 heterocycles. The van der Waals surface area contributed by atoms with E-state index >= 15 is 0 Å². The van der Waals surface area contributed by atoms with Crippen LogP contribution in [0.3, 0.4) is 0 Å². The zero-order chi connectivity index (χ0) is 14.0. The normalized spacial score (nSPS) is 16.1. The van der Waals surface area contributed by atoms with E-state index in [0.717, 1.165) is 6.42 Å². The molecule has 18 heavy (non-hydrogen) atoms. The molecule has 0 spiro atoms. The minimum atomic E-state index is -0.562. The maximum Gasteiger partial charge on any atom is 0.326 e. The fourth-order valence-electron chi connectivity index (χ4n) is 1.85. The van der Waals surface area contributed by atoms with Crippen LogP contribution >= 0.6 is 11.8 Å². The maximum atomic E-state index is 11.9. The van der Waals surface area contributed by atoms with Gasteiger partial charge in [0, 0.05) is 5.25 Å². The molecule has 4 heteroatoms. The summed E-state index contributed by atoms with van der Waals surface area (Å²) in [5.41, 5.74) is -0.562. The zero-order valence-corrected chi connectivity index (χ0v) is 13.4. The number of rotatable bonds is 10. The minimum absolute atomic E-state index is 0.145. The Kier molecular flexibility index (Phi) is 9.56. The van der Waals surface area contributed by atoms with Crippen molar-refractivity contribution < 1.29 is 9.53 Å². The predicted octanol–water partition coefficient (Wildman–Crippen LogP) is 3.23. The number of carbonyl (C=O) groups is 1. The highest BCUT2D eigenvalue weighted by Gasteiger charge is 2.34. The average Bonchev–Trinajstić information content (AvgIpc) is 2.34. The molecule has 0 aliphatic carbocycles. The lowest BCUT2D eigenvalue weighted by molar-refractivity contribution is -0.150. The van der Waals surface area contributed by atoms with Crippen molar-refractivity contribution in [3.05, 3.63) is 0 Å². The van der Waals surface area contributed by atoms with E-state index in [9.17, 15) is 4.79 Å². The van der Waals surface area contributed by atoms with E-state index in [-0.39, 0.29) is 5.97 Å². The van der Waals surface area contributed by atoms with Crippen molar-refractivity contribution in [3.8, 4) is 0 Å². The second kappa shape index (κ2) is 9.68. The predicted molar refractivity (Wildman–Crippen MR) is 80.2 cm³/mol. The molecule has 2 unspecified atom stereocenters. The Hall–Kier alpha value is -0.220. The number of hydrogen-bond acceptors (Lipinski definition) is 4. The molecule has 0 aromatic rings. The molecule has 108 valence electrons. The Morgan fingerprint density at radius 1 is 1.39 bits per heavy atom. The minimum Gasteiger partial charge on any atom is -0.465 e. The topological polar surface area (TPSA) is 38.3 Å². The van der Waals surface area contributed by atoms with Crippen LogP contribution in [0.4, 0.5) is 0 Å². The van der Waals surface area contributed by atoms with Crippen LogP contribution in [0.5, 0.6) is 0 Å². The molecule has 0 aromatic heterocycles. The van der Waals surface area contributed by atoms with E-state index in [1.807, 2.05) is 32.7 Å². The molecule has 0 aliphatic heterocycles. The van der Waals surface area contributed by atoms with Crippen LogP contribution < -0.4 is 5.32 Å². The second-order valence-corrected chi connectivity index (χ2v) is 6.44. The van der Waals surface area contributed by atoms with Crippen LogP contribution in [0.2, 0.25) is 0 Å². The number of likely N-dealkylation sites (N-methyl/N-ethyl adjacent to an activating group) is 1. The van der Waals surface area contributed by atoms with Gasteiger partial charge in [-0.05, 0) is 39.5 Å². The van der Waals surface area contributed by atoms with Gasteiger partial charge in [0.25, 0.3) is 0 Å². The van der Waals surface area contributed by atoms with E-state index in [2.05, 4.69) is 19.2 Å². The Labute approximate surface area is 116 Å². The Morgan fingerprint density at radius 3 is 2.56 bits per heavy atom. The van der Waals surface area contributed by atoms with Crippen molar-refractivity contribution in [1.82, 2.24) is 5.32 Å². The van der Waals surface area contributed by atoms with Gasteiger partial charge in [0.2, 0.25) is 0 Å². The summed E-state index contributed by atoms with van der Waals surface area (Å²) in [6.45, 7) is 8.61. The van der Waals surface area contributed by atoms with Crippen LogP contribution in [0.1, 0.15) is 53.4 Å². The summed E-state index contributed by atoms with van der Waals surface area (Å²) < 4.78 is 5.13.